The number of carbonyl (C=O) groups is 3. The average Bonchev–Trinajstić information content (AvgIpc) is 3.20. The van der Waals surface area contributed by atoms with Gasteiger partial charge in [0.1, 0.15) is 0 Å². The maximum absolute atomic E-state index is 10.6. The average molecular weight is 820 g/mol. The lowest BCUT2D eigenvalue weighted by Gasteiger charge is -2.10. The molecule has 4 heterocycles. The molecule has 0 fully saturated rings. The summed E-state index contributed by atoms with van der Waals surface area (Å²) in [5.74, 6) is -3.63. The molecular formula is C36H38F3N14O6-5. The largest absolute Gasteiger partial charge is 0.490 e. The number of benzene rings is 2. The number of rotatable bonds is 4. The Morgan fingerprint density at radius 3 is 1.25 bits per heavy atom. The molecular weight excluding hydrogens is 781 g/mol. The van der Waals surface area contributed by atoms with E-state index < -0.39 is 30.0 Å². The fraction of sp³-hybridized carbons (Fsp3) is 0.0833. The number of alkyl halides is 3. The molecule has 0 aliphatic carbocycles. The highest BCUT2D eigenvalue weighted by Crippen LogP contribution is 2.24. The minimum absolute atomic E-state index is 0.0718. The van der Waals surface area contributed by atoms with Crippen molar-refractivity contribution in [3.8, 4) is 0 Å². The van der Waals surface area contributed by atoms with Crippen molar-refractivity contribution in [3.63, 3.8) is 0 Å². The van der Waals surface area contributed by atoms with E-state index in [2.05, 4.69) is 51.3 Å². The van der Waals surface area contributed by atoms with Gasteiger partial charge in [0.15, 0.2) is 0 Å². The van der Waals surface area contributed by atoms with E-state index in [0.717, 1.165) is 12.6 Å². The standard InChI is InChI=1S/C10H8N3.C7H6O2.C5H6N3.C5H5N2.C4H4N3.C2HF3O2.C2H4O2.CH4N3/c1-2-5-9(6-3-1)13-10-11-7-4-8-12-10;8-7(9)6-4-2-1-3-5-6;1-6-5-7-3-2-4-8-5;6-5-3-1-2-4-7-5;5-4-6-2-1-3-7-4;3-2(4,5)1(6)7;1-2(3)4;2-1(3)4/h1-8H;1-5H,(H,8,9);2-4H,1H3;1-4H,(H-,6,7);1-3H,(H-,5,6,7);(H,6,7);1H3,(H,3,4);(H4-,2,3,4)/q-1;;3*-1;;;-1. The van der Waals surface area contributed by atoms with Crippen molar-refractivity contribution in [1.82, 2.24) is 34.9 Å². The Hall–Kier alpha value is -8.50. The molecule has 9 N–H and O–H groups in total. The quantitative estimate of drug-likeness (QED) is 0.0819. The van der Waals surface area contributed by atoms with Crippen LogP contribution in [0.4, 0.5) is 42.5 Å². The van der Waals surface area contributed by atoms with Crippen LogP contribution < -0.4 is 5.73 Å². The number of halogens is 3. The van der Waals surface area contributed by atoms with Crippen molar-refractivity contribution in [3.05, 3.63) is 174 Å². The van der Waals surface area contributed by atoms with Crippen LogP contribution in [-0.4, -0.2) is 87.3 Å². The second-order valence-corrected chi connectivity index (χ2v) is 9.46. The summed E-state index contributed by atoms with van der Waals surface area (Å²) in [6.45, 7) is 1.08. The van der Waals surface area contributed by atoms with Crippen LogP contribution in [0.1, 0.15) is 17.3 Å². The number of guanidine groups is 1. The third-order valence-corrected chi connectivity index (χ3v) is 4.78. The zero-order valence-electron chi connectivity index (χ0n) is 31.1. The Morgan fingerprint density at radius 2 is 1.00 bits per heavy atom. The van der Waals surface area contributed by atoms with Crippen molar-refractivity contribution < 1.29 is 42.9 Å². The van der Waals surface area contributed by atoms with Crippen molar-refractivity contribution in [2.24, 2.45) is 5.73 Å². The van der Waals surface area contributed by atoms with Gasteiger partial charge in [-0.3, -0.25) is 4.79 Å². The number of aromatic nitrogens is 7. The predicted octanol–water partition coefficient (Wildman–Crippen LogP) is 8.89. The number of hydrogen-bond acceptors (Lipinski definition) is 11. The molecule has 0 spiro atoms. The number of nitrogens with two attached hydrogens (primary N) is 1. The Kier molecular flexibility index (Phi) is 29.3. The number of pyridine rings is 1. The van der Waals surface area contributed by atoms with Crippen LogP contribution in [-0.2, 0) is 9.59 Å². The van der Waals surface area contributed by atoms with Gasteiger partial charge in [0.2, 0.25) is 0 Å². The smallest absolute Gasteiger partial charge is 0.482 e. The van der Waals surface area contributed by atoms with E-state index in [0.29, 0.717) is 23.3 Å². The molecule has 23 heteroatoms. The summed E-state index contributed by atoms with van der Waals surface area (Å²) < 4.78 is 31.7. The molecule has 0 aliphatic rings. The summed E-state index contributed by atoms with van der Waals surface area (Å²) in [5.41, 5.74) is 25.2. The molecule has 0 amide bonds. The van der Waals surface area contributed by atoms with E-state index in [1.807, 2.05) is 30.3 Å². The van der Waals surface area contributed by atoms with Gasteiger partial charge in [0, 0.05) is 24.8 Å². The van der Waals surface area contributed by atoms with Crippen LogP contribution >= 0.6 is 0 Å². The molecule has 0 bridgehead atoms. The number of nitrogens with zero attached hydrogens (tertiary/aromatic N) is 9. The van der Waals surface area contributed by atoms with E-state index in [1.165, 1.54) is 12.4 Å². The van der Waals surface area contributed by atoms with E-state index >= 15 is 0 Å². The van der Waals surface area contributed by atoms with Crippen LogP contribution in [0.15, 0.2) is 140 Å². The number of hydrogen-bond donors (Lipinski definition) is 5. The van der Waals surface area contributed by atoms with Gasteiger partial charge in [-0.1, -0.05) is 96.9 Å². The Labute approximate surface area is 335 Å². The molecule has 0 saturated heterocycles. The Balaban J connectivity index is 0. The number of aromatic carboxylic acids is 1. The van der Waals surface area contributed by atoms with Gasteiger partial charge < -0.3 is 89.2 Å². The first-order valence-corrected chi connectivity index (χ1v) is 15.7. The first-order chi connectivity index (χ1) is 27.9. The molecule has 0 atom stereocenters. The number of aliphatic carboxylic acids is 2. The van der Waals surface area contributed by atoms with Crippen molar-refractivity contribution in [2.45, 2.75) is 13.1 Å². The molecule has 6 aromatic rings. The molecule has 0 unspecified atom stereocenters. The van der Waals surface area contributed by atoms with Crippen LogP contribution in [0, 0.1) is 5.41 Å². The topological polar surface area (TPSA) is 352 Å². The summed E-state index contributed by atoms with van der Waals surface area (Å²) in [6.07, 6.45) is 6.27. The monoisotopic (exact) mass is 819 g/mol. The second-order valence-electron chi connectivity index (χ2n) is 9.46. The van der Waals surface area contributed by atoms with Gasteiger partial charge in [-0.05, 0) is 68.0 Å². The van der Waals surface area contributed by atoms with Gasteiger partial charge in [0.25, 0.3) is 5.97 Å². The highest BCUT2D eigenvalue weighted by Gasteiger charge is 2.38. The van der Waals surface area contributed by atoms with Gasteiger partial charge in [0.05, 0.1) is 5.56 Å². The summed E-state index contributed by atoms with van der Waals surface area (Å²) in [6, 6.07) is 28.4. The van der Waals surface area contributed by atoms with E-state index in [-0.39, 0.29) is 5.95 Å². The lowest BCUT2D eigenvalue weighted by atomic mass is 10.2. The molecule has 314 valence electrons. The summed E-state index contributed by atoms with van der Waals surface area (Å²) in [7, 11) is 1.66. The van der Waals surface area contributed by atoms with E-state index in [9.17, 15) is 18.0 Å². The number of carboxylic acids is 3. The van der Waals surface area contributed by atoms with Crippen molar-refractivity contribution >= 4 is 53.2 Å². The van der Waals surface area contributed by atoms with Crippen LogP contribution in [0.25, 0.3) is 27.8 Å². The SMILES string of the molecule is CC(=O)O.C[N-]c1ncccn1.N=C([NH-])N.O=C(O)C(F)(F)F.O=C(O)c1ccccc1.[NH-]c1ccccn1.[NH-]c1ncccn1.c1ccc([N-]c2ncccn2)cc1. The second kappa shape index (κ2) is 32.9. The van der Waals surface area contributed by atoms with Crippen molar-refractivity contribution in [2.75, 3.05) is 7.05 Å². The van der Waals surface area contributed by atoms with Crippen LogP contribution in [0.5, 0.6) is 0 Å². The van der Waals surface area contributed by atoms with E-state index in [4.69, 9.17) is 47.5 Å². The van der Waals surface area contributed by atoms with Gasteiger partial charge >= 0.3 is 18.1 Å². The summed E-state index contributed by atoms with van der Waals surface area (Å²) >= 11 is 0. The predicted molar refractivity (Wildman–Crippen MR) is 213 cm³/mol. The molecule has 6 rings (SSSR count). The zero-order valence-corrected chi connectivity index (χ0v) is 31.1. The van der Waals surface area contributed by atoms with Crippen molar-refractivity contribution in [1.29, 1.82) is 5.41 Å². The highest BCUT2D eigenvalue weighted by atomic mass is 19.4. The molecule has 2 aromatic carbocycles. The lowest BCUT2D eigenvalue weighted by Crippen LogP contribution is -2.21. The zero-order chi connectivity index (χ0) is 44.9. The minimum atomic E-state index is -5.08. The fourth-order valence-electron chi connectivity index (χ4n) is 2.62. The number of nitrogens with one attached hydrogen (secondary N) is 4. The third-order valence-electron chi connectivity index (χ3n) is 4.78. The molecule has 20 nitrogen and oxygen atoms in total. The third kappa shape index (κ3) is 36.3. The normalized spacial score (nSPS) is 8.83. The number of carboxylic acid groups (broad SMARTS) is 3. The molecule has 59 heavy (non-hydrogen) atoms. The summed E-state index contributed by atoms with van der Waals surface area (Å²) in [5, 5.41) is 36.8. The maximum atomic E-state index is 10.6. The van der Waals surface area contributed by atoms with Gasteiger partial charge in [-0.2, -0.15) is 13.2 Å². The summed E-state index contributed by atoms with van der Waals surface area (Å²) in [4.78, 5) is 54.4. The van der Waals surface area contributed by atoms with E-state index in [1.54, 1.807) is 105 Å². The molecule has 0 radical (unpaired) electrons. The minimum Gasteiger partial charge on any atom is -0.482 e. The lowest BCUT2D eigenvalue weighted by molar-refractivity contribution is -0.192. The Morgan fingerprint density at radius 1 is 0.644 bits per heavy atom. The highest BCUT2D eigenvalue weighted by molar-refractivity contribution is 5.87. The van der Waals surface area contributed by atoms with Gasteiger partial charge in [-0.25, -0.2) is 9.59 Å². The fourth-order valence-corrected chi connectivity index (χ4v) is 2.62. The van der Waals surface area contributed by atoms with Gasteiger partial charge in [-0.15, -0.1) is 0 Å². The van der Waals surface area contributed by atoms with Crippen LogP contribution in [0.2, 0.25) is 0 Å². The first kappa shape index (κ1) is 52.6. The van der Waals surface area contributed by atoms with Crippen LogP contribution in [0.3, 0.4) is 0 Å². The molecule has 0 saturated carbocycles. The first-order valence-electron chi connectivity index (χ1n) is 15.7. The maximum Gasteiger partial charge on any atom is 0.490 e. The Bertz CT molecular complexity index is 1870. The molecule has 0 aliphatic heterocycles. The number of para-hydroxylation sites is 1. The molecule has 4 aromatic heterocycles.